The van der Waals surface area contributed by atoms with Crippen LogP contribution in [0.25, 0.3) is 0 Å². The maximum Gasteiger partial charge on any atom is 0.126 e. The van der Waals surface area contributed by atoms with Crippen LogP contribution in [0.15, 0.2) is 23.5 Å². The van der Waals surface area contributed by atoms with Gasteiger partial charge in [0.2, 0.25) is 0 Å². The number of aryl methyl sites for hydroxylation is 1. The topological polar surface area (TPSA) is 42.3 Å². The van der Waals surface area contributed by atoms with Crippen molar-refractivity contribution in [3.8, 4) is 0 Å². The highest BCUT2D eigenvalue weighted by Crippen LogP contribution is 2.12. The van der Waals surface area contributed by atoms with Crippen LogP contribution in [-0.4, -0.2) is 4.98 Å². The standard InChI is InChI=1S/C14H22N2O/c1-2-3-4-5-6-7-8-9-13-10-11-14(16-17)12-15-13/h10-12H,2-9H2,1H3. The van der Waals surface area contributed by atoms with Crippen LogP contribution in [0.4, 0.5) is 5.69 Å². The van der Waals surface area contributed by atoms with E-state index in [1.165, 1.54) is 44.9 Å². The predicted octanol–water partition coefficient (Wildman–Crippen LogP) is 4.77. The molecule has 17 heavy (non-hydrogen) atoms. The Morgan fingerprint density at radius 3 is 2.35 bits per heavy atom. The molecule has 3 heteroatoms. The summed E-state index contributed by atoms with van der Waals surface area (Å²) in [5.74, 6) is 0. The Bertz CT molecular complexity index is 309. The minimum Gasteiger partial charge on any atom is -0.259 e. The first-order valence-corrected chi connectivity index (χ1v) is 6.65. The molecule has 1 aromatic rings. The van der Waals surface area contributed by atoms with Crippen molar-refractivity contribution in [2.45, 2.75) is 58.3 Å². The fourth-order valence-electron chi connectivity index (χ4n) is 1.88. The van der Waals surface area contributed by atoms with Gasteiger partial charge in [-0.05, 0) is 30.2 Å². The molecule has 0 N–H and O–H groups in total. The maximum atomic E-state index is 10.2. The molecule has 0 fully saturated rings. The van der Waals surface area contributed by atoms with Gasteiger partial charge in [0.15, 0.2) is 0 Å². The zero-order valence-corrected chi connectivity index (χ0v) is 10.7. The van der Waals surface area contributed by atoms with Crippen LogP contribution >= 0.6 is 0 Å². The zero-order chi connectivity index (χ0) is 12.3. The number of unbranched alkanes of at least 4 members (excludes halogenated alkanes) is 6. The number of aromatic nitrogens is 1. The molecule has 0 aliphatic carbocycles. The normalized spacial score (nSPS) is 10.4. The van der Waals surface area contributed by atoms with E-state index >= 15 is 0 Å². The average Bonchev–Trinajstić information content (AvgIpc) is 2.38. The maximum absolute atomic E-state index is 10.2. The molecule has 94 valence electrons. The summed E-state index contributed by atoms with van der Waals surface area (Å²) in [6, 6.07) is 3.63. The van der Waals surface area contributed by atoms with E-state index < -0.39 is 0 Å². The first kappa shape index (κ1) is 13.8. The van der Waals surface area contributed by atoms with Crippen LogP contribution < -0.4 is 0 Å². The van der Waals surface area contributed by atoms with Crippen LogP contribution in [-0.2, 0) is 6.42 Å². The van der Waals surface area contributed by atoms with Crippen molar-refractivity contribution >= 4 is 5.69 Å². The smallest absolute Gasteiger partial charge is 0.126 e. The molecule has 3 nitrogen and oxygen atoms in total. The van der Waals surface area contributed by atoms with Gasteiger partial charge in [-0.1, -0.05) is 45.4 Å². The Labute approximate surface area is 104 Å². The van der Waals surface area contributed by atoms with E-state index in [-0.39, 0.29) is 0 Å². The molecule has 0 bridgehead atoms. The Kier molecular flexibility index (Phi) is 7.19. The number of hydrogen-bond acceptors (Lipinski definition) is 3. The molecule has 0 saturated carbocycles. The third-order valence-corrected chi connectivity index (χ3v) is 2.95. The number of hydrogen-bond donors (Lipinski definition) is 0. The van der Waals surface area contributed by atoms with Gasteiger partial charge in [-0.2, -0.15) is 0 Å². The molecule has 0 unspecified atom stereocenters. The first-order valence-electron chi connectivity index (χ1n) is 6.65. The van der Waals surface area contributed by atoms with E-state index in [1.54, 1.807) is 12.3 Å². The minimum absolute atomic E-state index is 0.410. The molecule has 0 amide bonds. The van der Waals surface area contributed by atoms with Crippen molar-refractivity contribution < 1.29 is 0 Å². The van der Waals surface area contributed by atoms with Gasteiger partial charge in [0.05, 0.1) is 6.20 Å². The zero-order valence-electron chi connectivity index (χ0n) is 10.7. The summed E-state index contributed by atoms with van der Waals surface area (Å²) in [6.45, 7) is 2.24. The Morgan fingerprint density at radius 2 is 1.76 bits per heavy atom. The third kappa shape index (κ3) is 6.15. The average molecular weight is 234 g/mol. The van der Waals surface area contributed by atoms with Gasteiger partial charge < -0.3 is 0 Å². The molecule has 1 rings (SSSR count). The molecule has 0 atom stereocenters. The van der Waals surface area contributed by atoms with Crippen molar-refractivity contribution in [1.82, 2.24) is 4.98 Å². The minimum atomic E-state index is 0.410. The highest BCUT2D eigenvalue weighted by atomic mass is 16.3. The van der Waals surface area contributed by atoms with Crippen LogP contribution in [0.1, 0.15) is 57.6 Å². The van der Waals surface area contributed by atoms with Crippen molar-refractivity contribution in [1.29, 1.82) is 0 Å². The summed E-state index contributed by atoms with van der Waals surface area (Å²) in [5, 5.41) is 2.84. The molecule has 0 aliphatic heterocycles. The van der Waals surface area contributed by atoms with E-state index in [0.717, 1.165) is 12.1 Å². The molecule has 0 aliphatic rings. The lowest BCUT2D eigenvalue weighted by atomic mass is 10.1. The van der Waals surface area contributed by atoms with Crippen LogP contribution in [0.5, 0.6) is 0 Å². The quantitative estimate of drug-likeness (QED) is 0.456. The largest absolute Gasteiger partial charge is 0.259 e. The second kappa shape index (κ2) is 8.85. The molecule has 0 radical (unpaired) electrons. The summed E-state index contributed by atoms with van der Waals surface area (Å²) < 4.78 is 0. The molecular formula is C14H22N2O. The fourth-order valence-corrected chi connectivity index (χ4v) is 1.88. The van der Waals surface area contributed by atoms with Gasteiger partial charge in [0, 0.05) is 5.69 Å². The highest BCUT2D eigenvalue weighted by molar-refractivity contribution is 5.33. The van der Waals surface area contributed by atoms with Crippen molar-refractivity contribution in [3.05, 3.63) is 28.9 Å². The highest BCUT2D eigenvalue weighted by Gasteiger charge is 1.97. The molecule has 0 aromatic carbocycles. The number of rotatable bonds is 9. The van der Waals surface area contributed by atoms with Crippen LogP contribution in [0.3, 0.4) is 0 Å². The lowest BCUT2D eigenvalue weighted by Gasteiger charge is -2.01. The van der Waals surface area contributed by atoms with E-state index in [2.05, 4.69) is 17.1 Å². The Morgan fingerprint density at radius 1 is 1.06 bits per heavy atom. The molecule has 1 aromatic heterocycles. The SMILES string of the molecule is CCCCCCCCCc1ccc(N=O)cn1. The van der Waals surface area contributed by atoms with Gasteiger partial charge in [0.25, 0.3) is 0 Å². The molecule has 0 saturated heterocycles. The van der Waals surface area contributed by atoms with E-state index in [9.17, 15) is 4.91 Å². The van der Waals surface area contributed by atoms with E-state index in [1.807, 2.05) is 6.07 Å². The predicted molar refractivity (Wildman–Crippen MR) is 71.4 cm³/mol. The van der Waals surface area contributed by atoms with Crippen molar-refractivity contribution in [3.63, 3.8) is 0 Å². The second-order valence-corrected chi connectivity index (χ2v) is 4.47. The fraction of sp³-hybridized carbons (Fsp3) is 0.643. The third-order valence-electron chi connectivity index (χ3n) is 2.95. The monoisotopic (exact) mass is 234 g/mol. The summed E-state index contributed by atoms with van der Waals surface area (Å²) in [4.78, 5) is 14.4. The van der Waals surface area contributed by atoms with E-state index in [4.69, 9.17) is 0 Å². The number of nitroso groups, excluding NO2 is 1. The number of nitrogens with zero attached hydrogens (tertiary/aromatic N) is 2. The summed E-state index contributed by atoms with van der Waals surface area (Å²) in [5.41, 5.74) is 1.47. The van der Waals surface area contributed by atoms with Gasteiger partial charge in [0.1, 0.15) is 5.69 Å². The van der Waals surface area contributed by atoms with Crippen LogP contribution in [0.2, 0.25) is 0 Å². The summed E-state index contributed by atoms with van der Waals surface area (Å²) >= 11 is 0. The first-order chi connectivity index (χ1) is 8.36. The van der Waals surface area contributed by atoms with E-state index in [0.29, 0.717) is 5.69 Å². The second-order valence-electron chi connectivity index (χ2n) is 4.47. The van der Waals surface area contributed by atoms with Gasteiger partial charge in [-0.15, -0.1) is 4.91 Å². The van der Waals surface area contributed by atoms with Gasteiger partial charge in [-0.25, -0.2) is 0 Å². The molecule has 1 heterocycles. The number of pyridine rings is 1. The van der Waals surface area contributed by atoms with Crippen molar-refractivity contribution in [2.24, 2.45) is 5.18 Å². The molecule has 0 spiro atoms. The summed E-state index contributed by atoms with van der Waals surface area (Å²) in [6.07, 6.45) is 11.7. The van der Waals surface area contributed by atoms with Gasteiger partial charge in [-0.3, -0.25) is 4.98 Å². The van der Waals surface area contributed by atoms with Crippen LogP contribution in [0, 0.1) is 4.91 Å². The lowest BCUT2D eigenvalue weighted by molar-refractivity contribution is 0.587. The van der Waals surface area contributed by atoms with Gasteiger partial charge >= 0.3 is 0 Å². The summed E-state index contributed by atoms with van der Waals surface area (Å²) in [7, 11) is 0. The Balaban J connectivity index is 2.07. The lowest BCUT2D eigenvalue weighted by Crippen LogP contribution is -1.89. The Hall–Kier alpha value is -1.25. The molecular weight excluding hydrogens is 212 g/mol. The van der Waals surface area contributed by atoms with Crippen molar-refractivity contribution in [2.75, 3.05) is 0 Å².